The summed E-state index contributed by atoms with van der Waals surface area (Å²) in [6, 6.07) is 3.55. The largest absolute Gasteiger partial charge is 0.336 e. The Balaban J connectivity index is 1.14. The molecule has 1 aromatic rings. The molecule has 1 aromatic heterocycles. The second-order valence-corrected chi connectivity index (χ2v) is 8.20. The van der Waals surface area contributed by atoms with Crippen molar-refractivity contribution in [3.63, 3.8) is 0 Å². The van der Waals surface area contributed by atoms with Gasteiger partial charge in [-0.3, -0.25) is 29.2 Å². The molecule has 146 valence electrons. The van der Waals surface area contributed by atoms with Crippen LogP contribution in [0.25, 0.3) is 0 Å². The van der Waals surface area contributed by atoms with E-state index >= 15 is 0 Å². The molecule has 0 aromatic carbocycles. The van der Waals surface area contributed by atoms with Crippen LogP contribution in [0.4, 0.5) is 0 Å². The van der Waals surface area contributed by atoms with Crippen molar-refractivity contribution in [3.05, 3.63) is 42.2 Å². The van der Waals surface area contributed by atoms with Crippen LogP contribution in [0.1, 0.15) is 16.8 Å². The predicted octanol–water partition coefficient (Wildman–Crippen LogP) is 0.647. The van der Waals surface area contributed by atoms with Gasteiger partial charge in [0.25, 0.3) is 5.91 Å². The maximum Gasteiger partial charge on any atom is 0.255 e. The van der Waals surface area contributed by atoms with Gasteiger partial charge in [-0.1, -0.05) is 12.2 Å². The number of hydrogen-bond acceptors (Lipinski definition) is 5. The van der Waals surface area contributed by atoms with Crippen LogP contribution in [0, 0.1) is 23.7 Å². The SMILES string of the molecule is O=C(c1cccnc1)N1CCN(CCN2C(=O)[C@H]3[C@H](C2=O)[C@@H]2C=C[C@@H]3C2)CC1. The fourth-order valence-corrected chi connectivity index (χ4v) is 5.27. The van der Waals surface area contributed by atoms with Crippen LogP contribution in [0.15, 0.2) is 36.7 Å². The number of hydrogen-bond donors (Lipinski definition) is 0. The Kier molecular flexibility index (Phi) is 4.27. The van der Waals surface area contributed by atoms with E-state index in [-0.39, 0.29) is 41.4 Å². The molecule has 3 fully saturated rings. The van der Waals surface area contributed by atoms with Gasteiger partial charge in [-0.25, -0.2) is 0 Å². The molecule has 3 amide bonds. The number of rotatable bonds is 4. The number of fused-ring (bicyclic) bond motifs is 5. The van der Waals surface area contributed by atoms with E-state index in [9.17, 15) is 14.4 Å². The highest BCUT2D eigenvalue weighted by Crippen LogP contribution is 2.52. The Morgan fingerprint density at radius 3 is 2.29 bits per heavy atom. The topological polar surface area (TPSA) is 73.8 Å². The third-order valence-corrected chi connectivity index (χ3v) is 6.77. The van der Waals surface area contributed by atoms with Gasteiger partial charge in [0.15, 0.2) is 0 Å². The summed E-state index contributed by atoms with van der Waals surface area (Å²) in [5, 5.41) is 0. The van der Waals surface area contributed by atoms with Gasteiger partial charge in [0, 0.05) is 51.7 Å². The van der Waals surface area contributed by atoms with Crippen molar-refractivity contribution in [2.24, 2.45) is 23.7 Å². The molecule has 0 spiro atoms. The third-order valence-electron chi connectivity index (χ3n) is 6.77. The lowest BCUT2D eigenvalue weighted by atomic mass is 9.85. The van der Waals surface area contributed by atoms with Crippen LogP contribution >= 0.6 is 0 Å². The fourth-order valence-electron chi connectivity index (χ4n) is 5.27. The van der Waals surface area contributed by atoms with E-state index in [0.29, 0.717) is 31.7 Å². The Labute approximate surface area is 164 Å². The van der Waals surface area contributed by atoms with E-state index in [2.05, 4.69) is 22.0 Å². The van der Waals surface area contributed by atoms with Gasteiger partial charge < -0.3 is 4.90 Å². The quantitative estimate of drug-likeness (QED) is 0.566. The smallest absolute Gasteiger partial charge is 0.255 e. The number of nitrogens with zero attached hydrogens (tertiary/aromatic N) is 4. The summed E-state index contributed by atoms with van der Waals surface area (Å²) in [7, 11) is 0. The van der Waals surface area contributed by atoms with E-state index in [4.69, 9.17) is 0 Å². The summed E-state index contributed by atoms with van der Waals surface area (Å²) >= 11 is 0. The van der Waals surface area contributed by atoms with Crippen molar-refractivity contribution in [3.8, 4) is 0 Å². The van der Waals surface area contributed by atoms with E-state index in [1.807, 2.05) is 4.90 Å². The van der Waals surface area contributed by atoms with E-state index < -0.39 is 0 Å². The number of carbonyl (C=O) groups is 3. The summed E-state index contributed by atoms with van der Waals surface area (Å²) in [4.78, 5) is 47.6. The zero-order valence-electron chi connectivity index (χ0n) is 15.7. The molecule has 4 aliphatic rings. The third kappa shape index (κ3) is 2.76. The highest BCUT2D eigenvalue weighted by atomic mass is 16.2. The number of imide groups is 1. The molecule has 7 nitrogen and oxygen atoms in total. The van der Waals surface area contributed by atoms with Gasteiger partial charge in [0.05, 0.1) is 17.4 Å². The van der Waals surface area contributed by atoms with E-state index in [1.165, 1.54) is 4.90 Å². The van der Waals surface area contributed by atoms with E-state index in [1.54, 1.807) is 24.5 Å². The Hall–Kier alpha value is -2.54. The Bertz CT molecular complexity index is 801. The molecule has 0 radical (unpaired) electrons. The normalized spacial score (nSPS) is 31.7. The first-order chi connectivity index (χ1) is 13.6. The zero-order chi connectivity index (χ0) is 19.3. The number of carbonyl (C=O) groups excluding carboxylic acids is 3. The molecule has 2 bridgehead atoms. The van der Waals surface area contributed by atoms with Crippen molar-refractivity contribution in [1.29, 1.82) is 0 Å². The first-order valence-corrected chi connectivity index (χ1v) is 10.1. The number of pyridine rings is 1. The van der Waals surface area contributed by atoms with Crippen molar-refractivity contribution in [2.75, 3.05) is 39.3 Å². The number of aromatic nitrogens is 1. The minimum Gasteiger partial charge on any atom is -0.336 e. The highest BCUT2D eigenvalue weighted by molar-refractivity contribution is 6.06. The van der Waals surface area contributed by atoms with Crippen LogP contribution in [0.2, 0.25) is 0 Å². The molecular formula is C21H24N4O3. The fraction of sp³-hybridized carbons (Fsp3) is 0.524. The van der Waals surface area contributed by atoms with Crippen LogP contribution in [0.5, 0.6) is 0 Å². The maximum atomic E-state index is 12.8. The summed E-state index contributed by atoms with van der Waals surface area (Å²) in [5.74, 6) is 0.354. The molecule has 2 saturated heterocycles. The summed E-state index contributed by atoms with van der Waals surface area (Å²) in [5.41, 5.74) is 0.610. The van der Waals surface area contributed by atoms with Crippen molar-refractivity contribution >= 4 is 17.7 Å². The minimum atomic E-state index is -0.114. The summed E-state index contributed by atoms with van der Waals surface area (Å²) < 4.78 is 0. The molecule has 3 heterocycles. The van der Waals surface area contributed by atoms with Gasteiger partial charge in [-0.15, -0.1) is 0 Å². The molecule has 1 saturated carbocycles. The Morgan fingerprint density at radius 1 is 1.00 bits per heavy atom. The van der Waals surface area contributed by atoms with Crippen LogP contribution in [-0.2, 0) is 9.59 Å². The summed E-state index contributed by atoms with van der Waals surface area (Å²) in [6.45, 7) is 3.93. The van der Waals surface area contributed by atoms with Gasteiger partial charge in [0.2, 0.25) is 11.8 Å². The maximum absolute atomic E-state index is 12.8. The summed E-state index contributed by atoms with van der Waals surface area (Å²) in [6.07, 6.45) is 8.47. The minimum absolute atomic E-state index is 0.00782. The molecule has 0 unspecified atom stereocenters. The lowest BCUT2D eigenvalue weighted by Crippen LogP contribution is -2.50. The first kappa shape index (κ1) is 17.6. The molecule has 5 rings (SSSR count). The average molecular weight is 380 g/mol. The van der Waals surface area contributed by atoms with Crippen LogP contribution in [-0.4, -0.2) is 76.7 Å². The molecular weight excluding hydrogens is 356 g/mol. The molecule has 28 heavy (non-hydrogen) atoms. The number of likely N-dealkylation sites (tertiary alicyclic amines) is 1. The molecule has 0 N–H and O–H groups in total. The number of piperazine rings is 1. The molecule has 2 aliphatic heterocycles. The van der Waals surface area contributed by atoms with Crippen LogP contribution < -0.4 is 0 Å². The monoisotopic (exact) mass is 380 g/mol. The lowest BCUT2D eigenvalue weighted by molar-refractivity contribution is -0.141. The van der Waals surface area contributed by atoms with Crippen molar-refractivity contribution < 1.29 is 14.4 Å². The number of allylic oxidation sites excluding steroid dienone is 2. The van der Waals surface area contributed by atoms with E-state index in [0.717, 1.165) is 19.5 Å². The Morgan fingerprint density at radius 2 is 1.68 bits per heavy atom. The van der Waals surface area contributed by atoms with Crippen molar-refractivity contribution in [1.82, 2.24) is 19.7 Å². The van der Waals surface area contributed by atoms with Crippen molar-refractivity contribution in [2.45, 2.75) is 6.42 Å². The van der Waals surface area contributed by atoms with Gasteiger partial charge in [-0.2, -0.15) is 0 Å². The zero-order valence-corrected chi connectivity index (χ0v) is 15.7. The lowest BCUT2D eigenvalue weighted by Gasteiger charge is -2.35. The first-order valence-electron chi connectivity index (χ1n) is 10.1. The molecule has 7 heteroatoms. The number of amides is 3. The second-order valence-electron chi connectivity index (χ2n) is 8.20. The standard InChI is InChI=1S/C21H24N4O3/c26-19(16-2-1-5-22-13-16)24-9-6-23(7-10-24)8-11-25-20(27)17-14-3-4-15(12-14)18(17)21(25)28/h1-5,13-15,17-18H,6-12H2/t14-,15-,17-,18-/m1/s1. The second kappa shape index (κ2) is 6.81. The molecule has 2 aliphatic carbocycles. The highest BCUT2D eigenvalue weighted by Gasteiger charge is 2.59. The van der Waals surface area contributed by atoms with Gasteiger partial charge in [0.1, 0.15) is 0 Å². The van der Waals surface area contributed by atoms with Gasteiger partial charge in [-0.05, 0) is 30.4 Å². The van der Waals surface area contributed by atoms with Crippen LogP contribution in [0.3, 0.4) is 0 Å². The van der Waals surface area contributed by atoms with Gasteiger partial charge >= 0.3 is 0 Å². The predicted molar refractivity (Wildman–Crippen MR) is 101 cm³/mol. The molecule has 4 atom stereocenters. The average Bonchev–Trinajstić information content (AvgIpc) is 3.41.